The maximum absolute atomic E-state index is 12.1. The van der Waals surface area contributed by atoms with Gasteiger partial charge in [-0.1, -0.05) is 24.3 Å². The minimum absolute atomic E-state index is 0.108. The van der Waals surface area contributed by atoms with E-state index in [9.17, 15) is 14.7 Å². The molecule has 0 bridgehead atoms. The lowest BCUT2D eigenvalue weighted by Crippen LogP contribution is -2.32. The number of rotatable bonds is 0. The molecule has 1 heterocycles. The molecule has 18 heavy (non-hydrogen) atoms. The van der Waals surface area contributed by atoms with Crippen LogP contribution in [0.5, 0.6) is 0 Å². The number of imide groups is 1. The highest BCUT2D eigenvalue weighted by Gasteiger charge is 2.50. The minimum atomic E-state index is -0.366. The van der Waals surface area contributed by atoms with Gasteiger partial charge in [0.05, 0.1) is 17.9 Å². The second-order valence-electron chi connectivity index (χ2n) is 4.73. The molecule has 4 nitrogen and oxygen atoms in total. The zero-order chi connectivity index (χ0) is 12.9. The lowest BCUT2D eigenvalue weighted by atomic mass is 9.97. The van der Waals surface area contributed by atoms with Crippen LogP contribution >= 0.6 is 0 Å². The van der Waals surface area contributed by atoms with Crippen LogP contribution in [0.3, 0.4) is 0 Å². The van der Waals surface area contributed by atoms with E-state index in [4.69, 9.17) is 0 Å². The fraction of sp³-hybridized carbons (Fsp3) is 0.286. The number of fused-ring (bicyclic) bond motifs is 3. The first-order valence-corrected chi connectivity index (χ1v) is 5.91. The summed E-state index contributed by atoms with van der Waals surface area (Å²) in [6, 6.07) is 7.56. The van der Waals surface area contributed by atoms with Crippen LogP contribution in [0.25, 0.3) is 0 Å². The Balaban J connectivity index is 2.16. The fourth-order valence-electron chi connectivity index (χ4n) is 3.09. The molecule has 1 aromatic carbocycles. The normalized spacial score (nSPS) is 27.5. The van der Waals surface area contributed by atoms with Crippen LogP contribution in [-0.4, -0.2) is 21.8 Å². The molecular formula is C14H13NO3. The molecule has 3 rings (SSSR count). The van der Waals surface area contributed by atoms with E-state index in [1.165, 1.54) is 11.8 Å². The highest BCUT2D eigenvalue weighted by molar-refractivity contribution is 6.07. The lowest BCUT2D eigenvalue weighted by Gasteiger charge is -2.20. The topological polar surface area (TPSA) is 57.6 Å². The Bertz CT molecular complexity index is 576. The molecule has 92 valence electrons. The molecular weight excluding hydrogens is 230 g/mol. The van der Waals surface area contributed by atoms with Crippen molar-refractivity contribution in [3.05, 3.63) is 47.2 Å². The summed E-state index contributed by atoms with van der Waals surface area (Å²) in [5.74, 6) is -0.748. The Labute approximate surface area is 105 Å². The van der Waals surface area contributed by atoms with Gasteiger partial charge < -0.3 is 5.11 Å². The molecule has 2 atom stereocenters. The molecule has 2 unspecified atom stereocenters. The van der Waals surface area contributed by atoms with Crippen LogP contribution in [0.15, 0.2) is 36.1 Å². The van der Waals surface area contributed by atoms with E-state index in [0.29, 0.717) is 12.0 Å². The molecule has 1 aliphatic carbocycles. The molecule has 2 aliphatic rings. The van der Waals surface area contributed by atoms with E-state index in [0.717, 1.165) is 17.4 Å². The molecule has 0 saturated carbocycles. The van der Waals surface area contributed by atoms with E-state index >= 15 is 0 Å². The number of likely N-dealkylation sites (tertiary alicyclic amines) is 1. The summed E-state index contributed by atoms with van der Waals surface area (Å²) in [7, 11) is 0. The van der Waals surface area contributed by atoms with E-state index in [1.54, 1.807) is 0 Å². The van der Waals surface area contributed by atoms with E-state index in [-0.39, 0.29) is 23.8 Å². The summed E-state index contributed by atoms with van der Waals surface area (Å²) >= 11 is 0. The first-order chi connectivity index (χ1) is 8.65. The third-order valence-corrected chi connectivity index (χ3v) is 3.82. The molecule has 2 amide bonds. The van der Waals surface area contributed by atoms with Crippen LogP contribution < -0.4 is 0 Å². The Morgan fingerprint density at radius 1 is 1.44 bits per heavy atom. The van der Waals surface area contributed by atoms with Gasteiger partial charge in [-0.3, -0.25) is 14.5 Å². The van der Waals surface area contributed by atoms with Crippen molar-refractivity contribution in [3.8, 4) is 0 Å². The zero-order valence-corrected chi connectivity index (χ0v) is 9.96. The number of benzene rings is 1. The van der Waals surface area contributed by atoms with Gasteiger partial charge >= 0.3 is 0 Å². The Morgan fingerprint density at radius 2 is 2.17 bits per heavy atom. The van der Waals surface area contributed by atoms with Crippen molar-refractivity contribution >= 4 is 11.8 Å². The number of nitrogens with zero attached hydrogens (tertiary/aromatic N) is 1. The average Bonchev–Trinajstić information content (AvgIpc) is 2.82. The summed E-state index contributed by atoms with van der Waals surface area (Å²) in [6.07, 6.45) is 1.55. The Hall–Kier alpha value is -2.10. The highest BCUT2D eigenvalue weighted by atomic mass is 16.2. The molecule has 0 radical (unpaired) electrons. The Morgan fingerprint density at radius 3 is 2.83 bits per heavy atom. The largest absolute Gasteiger partial charge is 0.515 e. The molecule has 4 heteroatoms. The van der Waals surface area contributed by atoms with Gasteiger partial charge in [0.15, 0.2) is 0 Å². The second kappa shape index (κ2) is 3.70. The number of aliphatic hydroxyl groups excluding tert-OH is 1. The van der Waals surface area contributed by atoms with Gasteiger partial charge in [-0.25, -0.2) is 0 Å². The molecule has 1 fully saturated rings. The number of aliphatic hydroxyl groups is 1. The van der Waals surface area contributed by atoms with Crippen molar-refractivity contribution in [2.75, 3.05) is 0 Å². The lowest BCUT2D eigenvalue weighted by molar-refractivity contribution is -0.141. The van der Waals surface area contributed by atoms with Crippen LogP contribution in [0.1, 0.15) is 24.1 Å². The van der Waals surface area contributed by atoms with Gasteiger partial charge in [0.25, 0.3) is 5.91 Å². The van der Waals surface area contributed by atoms with Crippen LogP contribution in [0.2, 0.25) is 0 Å². The number of amides is 2. The first-order valence-electron chi connectivity index (χ1n) is 5.91. The van der Waals surface area contributed by atoms with Gasteiger partial charge in [-0.15, -0.1) is 0 Å². The molecule has 1 aliphatic heterocycles. The smallest absolute Gasteiger partial charge is 0.260 e. The number of carbonyl (C=O) groups is 2. The van der Waals surface area contributed by atoms with Gasteiger partial charge in [-0.05, 0) is 17.5 Å². The fourth-order valence-corrected chi connectivity index (χ4v) is 3.09. The second-order valence-corrected chi connectivity index (χ2v) is 4.73. The van der Waals surface area contributed by atoms with E-state index in [2.05, 4.69) is 0 Å². The van der Waals surface area contributed by atoms with Gasteiger partial charge in [0.2, 0.25) is 5.91 Å². The van der Waals surface area contributed by atoms with Crippen LogP contribution in [-0.2, 0) is 16.0 Å². The standard InChI is InChI=1S/C14H13NO3/c1-8(17)15-13-10-5-3-2-4-9(10)6-11(13)12(7-16)14(15)18/h2-5,7,11,13,16H,6H2,1H3/b12-7+. The molecule has 1 saturated heterocycles. The summed E-state index contributed by atoms with van der Waals surface area (Å²) in [6.45, 7) is 1.39. The van der Waals surface area contributed by atoms with Crippen molar-refractivity contribution in [2.24, 2.45) is 5.92 Å². The quantitative estimate of drug-likeness (QED) is 0.557. The van der Waals surface area contributed by atoms with Gasteiger partial charge in [-0.2, -0.15) is 0 Å². The maximum atomic E-state index is 12.1. The maximum Gasteiger partial charge on any atom is 0.260 e. The highest BCUT2D eigenvalue weighted by Crippen LogP contribution is 2.49. The predicted octanol–water partition coefficient (Wildman–Crippen LogP) is 1.73. The summed E-state index contributed by atoms with van der Waals surface area (Å²) in [4.78, 5) is 25.0. The Kier molecular flexibility index (Phi) is 2.26. The van der Waals surface area contributed by atoms with Crippen molar-refractivity contribution in [2.45, 2.75) is 19.4 Å². The third-order valence-electron chi connectivity index (χ3n) is 3.82. The van der Waals surface area contributed by atoms with Gasteiger partial charge in [0, 0.05) is 12.8 Å². The molecule has 0 aromatic heterocycles. The van der Waals surface area contributed by atoms with E-state index in [1.807, 2.05) is 24.3 Å². The average molecular weight is 243 g/mol. The number of carbonyl (C=O) groups excluding carboxylic acids is 2. The van der Waals surface area contributed by atoms with E-state index < -0.39 is 0 Å². The van der Waals surface area contributed by atoms with Crippen molar-refractivity contribution in [3.63, 3.8) is 0 Å². The molecule has 1 N–H and O–H groups in total. The monoisotopic (exact) mass is 243 g/mol. The zero-order valence-electron chi connectivity index (χ0n) is 9.96. The van der Waals surface area contributed by atoms with Crippen LogP contribution in [0, 0.1) is 5.92 Å². The SMILES string of the molecule is CC(=O)N1C(=O)/C(=C/O)C2Cc3ccccc3C21. The molecule has 1 aromatic rings. The van der Waals surface area contributed by atoms with Crippen molar-refractivity contribution < 1.29 is 14.7 Å². The van der Waals surface area contributed by atoms with Crippen molar-refractivity contribution in [1.82, 2.24) is 4.90 Å². The summed E-state index contributed by atoms with van der Waals surface area (Å²) in [5, 5.41) is 9.24. The minimum Gasteiger partial charge on any atom is -0.515 e. The summed E-state index contributed by atoms with van der Waals surface area (Å²) in [5.41, 5.74) is 2.50. The van der Waals surface area contributed by atoms with Gasteiger partial charge in [0.1, 0.15) is 0 Å². The molecule has 0 spiro atoms. The number of hydrogen-bond acceptors (Lipinski definition) is 3. The third kappa shape index (κ3) is 1.26. The summed E-state index contributed by atoms with van der Waals surface area (Å²) < 4.78 is 0. The van der Waals surface area contributed by atoms with Crippen molar-refractivity contribution in [1.29, 1.82) is 0 Å². The first kappa shape index (κ1) is 11.0. The number of hydrogen-bond donors (Lipinski definition) is 1. The van der Waals surface area contributed by atoms with Crippen LogP contribution in [0.4, 0.5) is 0 Å². The predicted molar refractivity (Wildman–Crippen MR) is 64.6 cm³/mol.